The summed E-state index contributed by atoms with van der Waals surface area (Å²) in [6.45, 7) is 4.45. The van der Waals surface area contributed by atoms with E-state index in [0.717, 1.165) is 13.1 Å². The molecule has 0 aromatic heterocycles. The number of ether oxygens (including phenoxy) is 1. The first-order valence-electron chi connectivity index (χ1n) is 4.67. The van der Waals surface area contributed by atoms with Crippen LogP contribution in [0, 0.1) is 5.92 Å². The van der Waals surface area contributed by atoms with E-state index in [4.69, 9.17) is 0 Å². The number of rotatable bonds is 2. The third-order valence-corrected chi connectivity index (χ3v) is 2.61. The molecule has 2 atom stereocenters. The molecule has 1 N–H and O–H groups in total. The number of hydrogen-bond acceptors (Lipinski definition) is 4. The number of aliphatic hydroxyl groups is 1. The molecule has 1 aliphatic heterocycles. The summed E-state index contributed by atoms with van der Waals surface area (Å²) in [5.41, 5.74) is 0. The Morgan fingerprint density at radius 1 is 1.69 bits per heavy atom. The first kappa shape index (κ1) is 10.5. The third kappa shape index (κ3) is 2.42. The second-order valence-corrected chi connectivity index (χ2v) is 3.38. The normalized spacial score (nSPS) is 30.1. The minimum Gasteiger partial charge on any atom is -0.469 e. The van der Waals surface area contributed by atoms with Crippen molar-refractivity contribution in [1.29, 1.82) is 0 Å². The molecule has 4 heteroatoms. The van der Waals surface area contributed by atoms with Gasteiger partial charge in [0.25, 0.3) is 0 Å². The van der Waals surface area contributed by atoms with Gasteiger partial charge in [0.2, 0.25) is 0 Å². The lowest BCUT2D eigenvalue weighted by Crippen LogP contribution is -2.46. The number of hydrogen-bond donors (Lipinski definition) is 1. The van der Waals surface area contributed by atoms with Crippen molar-refractivity contribution in [1.82, 2.24) is 4.90 Å². The highest BCUT2D eigenvalue weighted by atomic mass is 16.5. The van der Waals surface area contributed by atoms with Crippen LogP contribution in [0.4, 0.5) is 0 Å². The Labute approximate surface area is 78.5 Å². The molecular formula is C9H17NO3. The first-order valence-corrected chi connectivity index (χ1v) is 4.67. The summed E-state index contributed by atoms with van der Waals surface area (Å²) >= 11 is 0. The van der Waals surface area contributed by atoms with Crippen LogP contribution in [0.3, 0.4) is 0 Å². The topological polar surface area (TPSA) is 49.8 Å². The van der Waals surface area contributed by atoms with E-state index >= 15 is 0 Å². The second kappa shape index (κ2) is 4.58. The zero-order valence-corrected chi connectivity index (χ0v) is 8.19. The lowest BCUT2D eigenvalue weighted by molar-refractivity contribution is -0.152. The van der Waals surface area contributed by atoms with Crippen LogP contribution in [0.25, 0.3) is 0 Å². The summed E-state index contributed by atoms with van der Waals surface area (Å²) in [6.07, 6.45) is 0.128. The van der Waals surface area contributed by atoms with Gasteiger partial charge in [0.15, 0.2) is 0 Å². The molecule has 0 amide bonds. The molecule has 76 valence electrons. The average molecular weight is 187 g/mol. The molecule has 0 unspecified atom stereocenters. The summed E-state index contributed by atoms with van der Waals surface area (Å²) in [5.74, 6) is -0.663. The first-order chi connectivity index (χ1) is 6.19. The standard InChI is InChI=1S/C9H17NO3/c1-3-10-5-4-8(11)7(6-10)9(12)13-2/h7-8,11H,3-6H2,1-2H3/t7-,8+/m0/s1. The molecule has 0 aromatic carbocycles. The molecule has 4 nitrogen and oxygen atoms in total. The molecule has 0 bridgehead atoms. The average Bonchev–Trinajstić information content (AvgIpc) is 2.17. The van der Waals surface area contributed by atoms with E-state index in [2.05, 4.69) is 9.64 Å². The number of nitrogens with zero attached hydrogens (tertiary/aromatic N) is 1. The van der Waals surface area contributed by atoms with Gasteiger partial charge in [-0.05, 0) is 13.0 Å². The zero-order valence-electron chi connectivity index (χ0n) is 8.19. The van der Waals surface area contributed by atoms with Crippen LogP contribution in [0.15, 0.2) is 0 Å². The van der Waals surface area contributed by atoms with Gasteiger partial charge in [-0.1, -0.05) is 6.92 Å². The number of esters is 1. The van der Waals surface area contributed by atoms with Crippen molar-refractivity contribution in [3.05, 3.63) is 0 Å². The maximum Gasteiger partial charge on any atom is 0.312 e. The van der Waals surface area contributed by atoms with Gasteiger partial charge in [-0.15, -0.1) is 0 Å². The Kier molecular flexibility index (Phi) is 3.69. The fourth-order valence-electron chi connectivity index (χ4n) is 1.68. The van der Waals surface area contributed by atoms with E-state index < -0.39 is 6.10 Å². The molecule has 1 aliphatic rings. The Morgan fingerprint density at radius 3 is 2.92 bits per heavy atom. The number of carbonyl (C=O) groups is 1. The third-order valence-electron chi connectivity index (χ3n) is 2.61. The molecule has 1 fully saturated rings. The van der Waals surface area contributed by atoms with Crippen LogP contribution in [0.2, 0.25) is 0 Å². The van der Waals surface area contributed by atoms with Crippen LogP contribution < -0.4 is 0 Å². The molecule has 0 aromatic rings. The van der Waals surface area contributed by atoms with Crippen LogP contribution in [-0.2, 0) is 9.53 Å². The molecule has 0 radical (unpaired) electrons. The van der Waals surface area contributed by atoms with E-state index in [1.165, 1.54) is 7.11 Å². The number of aliphatic hydroxyl groups excluding tert-OH is 1. The fourth-order valence-corrected chi connectivity index (χ4v) is 1.68. The number of methoxy groups -OCH3 is 1. The monoisotopic (exact) mass is 187 g/mol. The Hall–Kier alpha value is -0.610. The van der Waals surface area contributed by atoms with Crippen LogP contribution in [0.5, 0.6) is 0 Å². The SMILES string of the molecule is CCN1CC[C@@H](O)[C@@H](C(=O)OC)C1. The number of likely N-dealkylation sites (tertiary alicyclic amines) is 1. The molecule has 1 heterocycles. The van der Waals surface area contributed by atoms with Crippen molar-refractivity contribution in [2.24, 2.45) is 5.92 Å². The maximum absolute atomic E-state index is 11.2. The van der Waals surface area contributed by atoms with Crippen molar-refractivity contribution in [2.45, 2.75) is 19.4 Å². The molecule has 0 spiro atoms. The smallest absolute Gasteiger partial charge is 0.312 e. The van der Waals surface area contributed by atoms with E-state index in [1.54, 1.807) is 0 Å². The quantitative estimate of drug-likeness (QED) is 0.611. The highest BCUT2D eigenvalue weighted by Crippen LogP contribution is 2.17. The predicted molar refractivity (Wildman–Crippen MR) is 48.2 cm³/mol. The van der Waals surface area contributed by atoms with Gasteiger partial charge >= 0.3 is 5.97 Å². The van der Waals surface area contributed by atoms with Crippen LogP contribution in [0.1, 0.15) is 13.3 Å². The van der Waals surface area contributed by atoms with Crippen molar-refractivity contribution in [3.63, 3.8) is 0 Å². The summed E-state index contributed by atoms with van der Waals surface area (Å²) in [6, 6.07) is 0. The minimum absolute atomic E-state index is 0.300. The summed E-state index contributed by atoms with van der Waals surface area (Å²) in [5, 5.41) is 9.56. The van der Waals surface area contributed by atoms with E-state index in [1.807, 2.05) is 6.92 Å². The molecular weight excluding hydrogens is 170 g/mol. The predicted octanol–water partition coefficient (Wildman–Crippen LogP) is -0.138. The van der Waals surface area contributed by atoms with Crippen LogP contribution in [-0.4, -0.2) is 48.8 Å². The summed E-state index contributed by atoms with van der Waals surface area (Å²) in [7, 11) is 1.36. The molecule has 0 saturated carbocycles. The van der Waals surface area contributed by atoms with Crippen molar-refractivity contribution >= 4 is 5.97 Å². The molecule has 1 saturated heterocycles. The Bertz CT molecular complexity index is 184. The zero-order chi connectivity index (χ0) is 9.84. The van der Waals surface area contributed by atoms with Gasteiger partial charge in [-0.25, -0.2) is 0 Å². The summed E-state index contributed by atoms with van der Waals surface area (Å²) < 4.78 is 4.63. The van der Waals surface area contributed by atoms with Crippen molar-refractivity contribution in [3.8, 4) is 0 Å². The van der Waals surface area contributed by atoms with E-state index in [9.17, 15) is 9.90 Å². The van der Waals surface area contributed by atoms with Crippen molar-refractivity contribution < 1.29 is 14.6 Å². The van der Waals surface area contributed by atoms with Gasteiger partial charge in [-0.3, -0.25) is 4.79 Å². The Morgan fingerprint density at radius 2 is 2.38 bits per heavy atom. The fraction of sp³-hybridized carbons (Fsp3) is 0.889. The van der Waals surface area contributed by atoms with Gasteiger partial charge < -0.3 is 14.7 Å². The van der Waals surface area contributed by atoms with E-state index in [-0.39, 0.29) is 11.9 Å². The lowest BCUT2D eigenvalue weighted by Gasteiger charge is -2.33. The lowest BCUT2D eigenvalue weighted by atomic mass is 9.95. The highest BCUT2D eigenvalue weighted by Gasteiger charge is 2.33. The van der Waals surface area contributed by atoms with Crippen molar-refractivity contribution in [2.75, 3.05) is 26.7 Å². The van der Waals surface area contributed by atoms with Crippen LogP contribution >= 0.6 is 0 Å². The number of piperidine rings is 1. The van der Waals surface area contributed by atoms with Gasteiger partial charge in [0.05, 0.1) is 19.1 Å². The van der Waals surface area contributed by atoms with Gasteiger partial charge in [0.1, 0.15) is 0 Å². The minimum atomic E-state index is -0.532. The number of carbonyl (C=O) groups excluding carboxylic acids is 1. The summed E-state index contributed by atoms with van der Waals surface area (Å²) in [4.78, 5) is 13.4. The van der Waals surface area contributed by atoms with Gasteiger partial charge in [0, 0.05) is 13.1 Å². The maximum atomic E-state index is 11.2. The van der Waals surface area contributed by atoms with Gasteiger partial charge in [-0.2, -0.15) is 0 Å². The Balaban J connectivity index is 2.54. The molecule has 1 rings (SSSR count). The largest absolute Gasteiger partial charge is 0.469 e. The van der Waals surface area contributed by atoms with E-state index in [0.29, 0.717) is 13.0 Å². The molecule has 13 heavy (non-hydrogen) atoms. The molecule has 0 aliphatic carbocycles. The highest BCUT2D eigenvalue weighted by molar-refractivity contribution is 5.73. The second-order valence-electron chi connectivity index (χ2n) is 3.38.